The largest absolute Gasteiger partial charge is 0.574 e. The summed E-state index contributed by atoms with van der Waals surface area (Å²) in [6, 6.07) is 1.19. The predicted octanol–water partition coefficient (Wildman–Crippen LogP) is 1.74. The van der Waals surface area contributed by atoms with Crippen LogP contribution in [0.5, 0.6) is 5.88 Å². The first-order valence-corrected chi connectivity index (χ1v) is 5.21. The Morgan fingerprint density at radius 2 is 2.18 bits per heavy atom. The summed E-state index contributed by atoms with van der Waals surface area (Å²) in [5, 5.41) is 8.72. The van der Waals surface area contributed by atoms with E-state index in [0.717, 1.165) is 0 Å². The van der Waals surface area contributed by atoms with E-state index >= 15 is 0 Å². The number of carboxylic acid groups (broad SMARTS) is 1. The summed E-state index contributed by atoms with van der Waals surface area (Å²) in [5.41, 5.74) is 4.70. The van der Waals surface area contributed by atoms with Gasteiger partial charge in [0.15, 0.2) is 5.69 Å². The molecule has 0 atom stereocenters. The molecular weight excluding hydrogens is 356 g/mol. The zero-order valence-corrected chi connectivity index (χ0v) is 10.2. The molecule has 0 aliphatic rings. The number of pyridine rings is 1. The van der Waals surface area contributed by atoms with Gasteiger partial charge in [-0.1, -0.05) is 0 Å². The van der Waals surface area contributed by atoms with Crippen molar-refractivity contribution in [2.45, 2.75) is 12.9 Å². The van der Waals surface area contributed by atoms with Crippen LogP contribution in [0.2, 0.25) is 0 Å². The molecule has 0 radical (unpaired) electrons. The molecule has 0 unspecified atom stereocenters. The number of aromatic nitrogens is 1. The van der Waals surface area contributed by atoms with Crippen molar-refractivity contribution in [3.63, 3.8) is 0 Å². The van der Waals surface area contributed by atoms with Crippen LogP contribution in [0.3, 0.4) is 0 Å². The number of halogens is 4. The van der Waals surface area contributed by atoms with Gasteiger partial charge in [0.2, 0.25) is 5.88 Å². The Kier molecular flexibility index (Phi) is 4.14. The van der Waals surface area contributed by atoms with Crippen LogP contribution in [0.1, 0.15) is 16.1 Å². The fraction of sp³-hybridized carbons (Fsp3) is 0.250. The first kappa shape index (κ1) is 14.0. The summed E-state index contributed by atoms with van der Waals surface area (Å²) < 4.78 is 39.9. The number of ether oxygens (including phenoxy) is 1. The normalized spacial score (nSPS) is 11.4. The van der Waals surface area contributed by atoms with Crippen molar-refractivity contribution in [1.82, 2.24) is 4.98 Å². The van der Waals surface area contributed by atoms with E-state index in [4.69, 9.17) is 10.8 Å². The minimum atomic E-state index is -4.94. The molecule has 0 aliphatic carbocycles. The van der Waals surface area contributed by atoms with E-state index in [1.54, 1.807) is 22.6 Å². The molecule has 1 rings (SSSR count). The Morgan fingerprint density at radius 1 is 1.59 bits per heavy atom. The van der Waals surface area contributed by atoms with Crippen molar-refractivity contribution in [3.8, 4) is 5.88 Å². The van der Waals surface area contributed by atoms with Crippen LogP contribution in [0.15, 0.2) is 6.07 Å². The van der Waals surface area contributed by atoms with Crippen LogP contribution >= 0.6 is 22.6 Å². The van der Waals surface area contributed by atoms with E-state index in [9.17, 15) is 18.0 Å². The molecule has 1 aromatic rings. The van der Waals surface area contributed by atoms with Crippen molar-refractivity contribution < 1.29 is 27.8 Å². The first-order chi connectivity index (χ1) is 7.74. The molecule has 5 nitrogen and oxygen atoms in total. The lowest BCUT2D eigenvalue weighted by atomic mass is 10.2. The lowest BCUT2D eigenvalue weighted by molar-refractivity contribution is -0.276. The second-order valence-corrected chi connectivity index (χ2v) is 4.00. The van der Waals surface area contributed by atoms with Gasteiger partial charge < -0.3 is 15.6 Å². The molecule has 3 N–H and O–H groups in total. The summed E-state index contributed by atoms with van der Waals surface area (Å²) in [7, 11) is 0. The molecule has 94 valence electrons. The number of rotatable bonds is 3. The maximum Gasteiger partial charge on any atom is 0.574 e. The number of alkyl halides is 3. The number of hydrogen-bond acceptors (Lipinski definition) is 4. The molecule has 0 aromatic carbocycles. The van der Waals surface area contributed by atoms with Crippen molar-refractivity contribution in [3.05, 3.63) is 20.9 Å². The summed E-state index contributed by atoms with van der Waals surface area (Å²) in [6.07, 6.45) is -4.94. The van der Waals surface area contributed by atoms with Gasteiger partial charge in [0.05, 0.1) is 0 Å². The molecule has 17 heavy (non-hydrogen) atoms. The van der Waals surface area contributed by atoms with Crippen LogP contribution in [0.25, 0.3) is 0 Å². The van der Waals surface area contributed by atoms with Gasteiger partial charge in [0, 0.05) is 15.7 Å². The Labute approximate surface area is 107 Å². The van der Waals surface area contributed by atoms with Crippen LogP contribution in [0.4, 0.5) is 13.2 Å². The van der Waals surface area contributed by atoms with E-state index in [0.29, 0.717) is 0 Å². The summed E-state index contributed by atoms with van der Waals surface area (Å²) in [5.74, 6) is -2.28. The average molecular weight is 362 g/mol. The van der Waals surface area contributed by atoms with Gasteiger partial charge in [0.25, 0.3) is 0 Å². The highest BCUT2D eigenvalue weighted by Crippen LogP contribution is 2.26. The summed E-state index contributed by atoms with van der Waals surface area (Å²) in [6.45, 7) is -0.242. The maximum absolute atomic E-state index is 12.0. The molecule has 0 spiro atoms. The predicted molar refractivity (Wildman–Crippen MR) is 58.5 cm³/mol. The number of aromatic carboxylic acids is 1. The quantitative estimate of drug-likeness (QED) is 0.801. The standard InChI is InChI=1S/C8H6F3IN2O3/c9-8(10,11)17-6-3(2-13)1-4(12)5(14-6)7(15)16/h1H,2,13H2,(H,15,16). The Hall–Kier alpha value is -1.10. The van der Waals surface area contributed by atoms with Gasteiger partial charge in [-0.15, -0.1) is 13.2 Å². The molecule has 1 heterocycles. The minimum Gasteiger partial charge on any atom is -0.476 e. The van der Waals surface area contributed by atoms with Crippen molar-refractivity contribution >= 4 is 28.6 Å². The number of carboxylic acids is 1. The Balaban J connectivity index is 3.26. The number of hydrogen-bond donors (Lipinski definition) is 2. The second kappa shape index (κ2) is 5.04. The molecule has 0 bridgehead atoms. The second-order valence-electron chi connectivity index (χ2n) is 2.84. The van der Waals surface area contributed by atoms with Gasteiger partial charge in [-0.05, 0) is 28.7 Å². The van der Waals surface area contributed by atoms with Crippen molar-refractivity contribution in [2.75, 3.05) is 0 Å². The van der Waals surface area contributed by atoms with Crippen molar-refractivity contribution in [1.29, 1.82) is 0 Å². The molecule has 0 aliphatic heterocycles. The molecular formula is C8H6F3IN2O3. The average Bonchev–Trinajstić information content (AvgIpc) is 2.17. The van der Waals surface area contributed by atoms with E-state index in [1.807, 2.05) is 0 Å². The number of carbonyl (C=O) groups is 1. The van der Waals surface area contributed by atoms with Crippen LogP contribution < -0.4 is 10.5 Å². The Morgan fingerprint density at radius 3 is 2.59 bits per heavy atom. The topological polar surface area (TPSA) is 85.4 Å². The minimum absolute atomic E-state index is 0.0169. The molecule has 0 amide bonds. The van der Waals surface area contributed by atoms with E-state index in [1.165, 1.54) is 6.07 Å². The SMILES string of the molecule is NCc1cc(I)c(C(=O)O)nc1OC(F)(F)F. The van der Waals surface area contributed by atoms with Crippen LogP contribution in [-0.4, -0.2) is 22.4 Å². The van der Waals surface area contributed by atoms with Gasteiger partial charge in [-0.25, -0.2) is 9.78 Å². The maximum atomic E-state index is 12.0. The third-order valence-electron chi connectivity index (χ3n) is 1.65. The molecule has 1 aromatic heterocycles. The third kappa shape index (κ3) is 3.70. The number of nitrogens with two attached hydrogens (primary N) is 1. The fourth-order valence-corrected chi connectivity index (χ4v) is 1.73. The number of nitrogens with zero attached hydrogens (tertiary/aromatic N) is 1. The highest BCUT2D eigenvalue weighted by molar-refractivity contribution is 14.1. The van der Waals surface area contributed by atoms with Gasteiger partial charge in [0.1, 0.15) is 0 Å². The van der Waals surface area contributed by atoms with Gasteiger partial charge in [-0.2, -0.15) is 0 Å². The fourth-order valence-electron chi connectivity index (χ4n) is 1.00. The lowest BCUT2D eigenvalue weighted by Crippen LogP contribution is -2.21. The van der Waals surface area contributed by atoms with Crippen LogP contribution in [0, 0.1) is 3.57 Å². The summed E-state index contributed by atoms with van der Waals surface area (Å²) >= 11 is 1.64. The molecule has 0 saturated carbocycles. The monoisotopic (exact) mass is 362 g/mol. The van der Waals surface area contributed by atoms with Gasteiger partial charge in [-0.3, -0.25) is 0 Å². The highest BCUT2D eigenvalue weighted by atomic mass is 127. The van der Waals surface area contributed by atoms with Crippen LogP contribution in [-0.2, 0) is 6.54 Å². The molecule has 0 fully saturated rings. The Bertz CT molecular complexity index is 450. The zero-order chi connectivity index (χ0) is 13.2. The molecule has 9 heteroatoms. The first-order valence-electron chi connectivity index (χ1n) is 4.13. The smallest absolute Gasteiger partial charge is 0.476 e. The van der Waals surface area contributed by atoms with Crippen molar-refractivity contribution in [2.24, 2.45) is 5.73 Å². The van der Waals surface area contributed by atoms with Gasteiger partial charge >= 0.3 is 12.3 Å². The summed E-state index contributed by atoms with van der Waals surface area (Å²) in [4.78, 5) is 14.0. The van der Waals surface area contributed by atoms with E-state index in [2.05, 4.69) is 9.72 Å². The van der Waals surface area contributed by atoms with E-state index in [-0.39, 0.29) is 15.7 Å². The zero-order valence-electron chi connectivity index (χ0n) is 8.08. The van der Waals surface area contributed by atoms with E-state index < -0.39 is 23.9 Å². The molecule has 0 saturated heterocycles. The third-order valence-corrected chi connectivity index (χ3v) is 2.47. The highest BCUT2D eigenvalue weighted by Gasteiger charge is 2.33. The lowest BCUT2D eigenvalue weighted by Gasteiger charge is -2.12.